The maximum Gasteiger partial charge on any atom is 0.312 e. The maximum atomic E-state index is 11.3. The molecule has 2 aromatic heterocycles. The van der Waals surface area contributed by atoms with Crippen molar-refractivity contribution in [1.29, 1.82) is 0 Å². The molecule has 112 valence electrons. The first kappa shape index (κ1) is 14.1. The molecule has 0 aromatic carbocycles. The third kappa shape index (κ3) is 3.07. The van der Waals surface area contributed by atoms with E-state index in [2.05, 4.69) is 22.3 Å². The number of hydrogen-bond donors (Lipinski definition) is 2. The van der Waals surface area contributed by atoms with Crippen molar-refractivity contribution >= 4 is 22.4 Å². The summed E-state index contributed by atoms with van der Waals surface area (Å²) in [5.74, 6) is -1.21. The fourth-order valence-electron chi connectivity index (χ4n) is 2.67. The number of aliphatic carboxylic acids is 1. The lowest BCUT2D eigenvalue weighted by Crippen LogP contribution is -2.22. The lowest BCUT2D eigenvalue weighted by molar-refractivity contribution is -0.139. The van der Waals surface area contributed by atoms with Gasteiger partial charge in [-0.3, -0.25) is 9.48 Å². The van der Waals surface area contributed by atoms with Crippen molar-refractivity contribution in [3.8, 4) is 0 Å². The van der Waals surface area contributed by atoms with Gasteiger partial charge in [0.05, 0.1) is 12.2 Å². The number of aryl methyl sites for hydroxylation is 1. The topological polar surface area (TPSA) is 80.0 Å². The Balaban J connectivity index is 1.71. The van der Waals surface area contributed by atoms with Crippen LogP contribution in [0, 0.1) is 0 Å². The lowest BCUT2D eigenvalue weighted by Gasteiger charge is -2.16. The van der Waals surface area contributed by atoms with E-state index in [1.807, 2.05) is 16.9 Å². The molecule has 0 saturated carbocycles. The minimum Gasteiger partial charge on any atom is -0.481 e. The van der Waals surface area contributed by atoms with Gasteiger partial charge in [0.1, 0.15) is 5.92 Å². The average Bonchev–Trinajstić information content (AvgIpc) is 3.06. The summed E-state index contributed by atoms with van der Waals surface area (Å²) >= 11 is 1.58. The number of anilines is 1. The van der Waals surface area contributed by atoms with Crippen LogP contribution in [0.1, 0.15) is 36.3 Å². The van der Waals surface area contributed by atoms with Crippen molar-refractivity contribution in [2.45, 2.75) is 44.7 Å². The van der Waals surface area contributed by atoms with Gasteiger partial charge in [-0.25, -0.2) is 4.98 Å². The van der Waals surface area contributed by atoms with Gasteiger partial charge in [-0.15, -0.1) is 11.3 Å². The van der Waals surface area contributed by atoms with Gasteiger partial charge in [-0.05, 0) is 32.3 Å². The monoisotopic (exact) mass is 306 g/mol. The zero-order chi connectivity index (χ0) is 14.8. The zero-order valence-corrected chi connectivity index (χ0v) is 12.6. The van der Waals surface area contributed by atoms with Crippen LogP contribution in [0.15, 0.2) is 18.5 Å². The highest BCUT2D eigenvalue weighted by Gasteiger charge is 2.30. The van der Waals surface area contributed by atoms with E-state index in [-0.39, 0.29) is 6.04 Å². The number of carboxylic acids is 1. The largest absolute Gasteiger partial charge is 0.481 e. The molecule has 2 heterocycles. The number of nitrogens with zero attached hydrogens (tertiary/aromatic N) is 3. The van der Waals surface area contributed by atoms with E-state index in [1.54, 1.807) is 17.5 Å². The molecule has 2 unspecified atom stereocenters. The predicted octanol–water partition coefficient (Wildman–Crippen LogP) is 2.34. The molecule has 0 radical (unpaired) electrons. The van der Waals surface area contributed by atoms with Crippen LogP contribution in [-0.2, 0) is 17.8 Å². The van der Waals surface area contributed by atoms with Crippen molar-refractivity contribution < 1.29 is 9.90 Å². The number of carbonyl (C=O) groups is 1. The third-order valence-corrected chi connectivity index (χ3v) is 4.70. The van der Waals surface area contributed by atoms with Gasteiger partial charge in [0.15, 0.2) is 5.13 Å². The molecule has 0 aliphatic heterocycles. The molecule has 1 aliphatic carbocycles. The van der Waals surface area contributed by atoms with Gasteiger partial charge in [0.25, 0.3) is 0 Å². The molecule has 2 N–H and O–H groups in total. The Morgan fingerprint density at radius 3 is 3.24 bits per heavy atom. The summed E-state index contributed by atoms with van der Waals surface area (Å²) in [5.41, 5.74) is 0.757. The highest BCUT2D eigenvalue weighted by molar-refractivity contribution is 7.15. The van der Waals surface area contributed by atoms with Gasteiger partial charge in [0.2, 0.25) is 0 Å². The van der Waals surface area contributed by atoms with Crippen LogP contribution >= 0.6 is 11.3 Å². The fraction of sp³-hybridized carbons (Fsp3) is 0.500. The van der Waals surface area contributed by atoms with E-state index >= 15 is 0 Å². The Kier molecular flexibility index (Phi) is 3.92. The lowest BCUT2D eigenvalue weighted by atomic mass is 9.91. The van der Waals surface area contributed by atoms with E-state index in [9.17, 15) is 9.90 Å². The number of hydrogen-bond acceptors (Lipinski definition) is 5. The Bertz CT molecular complexity index is 623. The zero-order valence-electron chi connectivity index (χ0n) is 11.8. The van der Waals surface area contributed by atoms with Crippen LogP contribution in [-0.4, -0.2) is 31.9 Å². The first-order valence-electron chi connectivity index (χ1n) is 7.10. The molecule has 21 heavy (non-hydrogen) atoms. The standard InChI is InChI=1S/C14H18N4O2S/c1-9(8-18-7-3-6-15-18)16-14-17-12-10(13(19)20)4-2-5-11(12)21-14/h3,6-7,9-10H,2,4-5,8H2,1H3,(H,16,17)(H,19,20). The summed E-state index contributed by atoms with van der Waals surface area (Å²) in [4.78, 5) is 16.9. The first-order chi connectivity index (χ1) is 10.1. The maximum absolute atomic E-state index is 11.3. The molecule has 2 aromatic rings. The number of thiazole rings is 1. The summed E-state index contributed by atoms with van der Waals surface area (Å²) in [6.07, 6.45) is 6.23. The van der Waals surface area contributed by atoms with Gasteiger partial charge in [-0.2, -0.15) is 5.10 Å². The van der Waals surface area contributed by atoms with E-state index in [0.29, 0.717) is 6.42 Å². The molecule has 6 nitrogen and oxygen atoms in total. The summed E-state index contributed by atoms with van der Waals surface area (Å²) < 4.78 is 1.87. The summed E-state index contributed by atoms with van der Waals surface area (Å²) in [7, 11) is 0. The van der Waals surface area contributed by atoms with Crippen LogP contribution in [0.2, 0.25) is 0 Å². The van der Waals surface area contributed by atoms with E-state index in [1.165, 1.54) is 0 Å². The molecular weight excluding hydrogens is 288 g/mol. The Labute approximate surface area is 126 Å². The molecule has 0 saturated heterocycles. The number of carboxylic acid groups (broad SMARTS) is 1. The molecule has 3 rings (SSSR count). The van der Waals surface area contributed by atoms with Crippen LogP contribution in [0.3, 0.4) is 0 Å². The number of nitrogens with one attached hydrogen (secondary N) is 1. The molecule has 0 fully saturated rings. The second-order valence-electron chi connectivity index (χ2n) is 5.38. The second kappa shape index (κ2) is 5.85. The molecule has 1 aliphatic rings. The molecule has 0 amide bonds. The van der Waals surface area contributed by atoms with Crippen molar-refractivity contribution in [2.24, 2.45) is 0 Å². The second-order valence-corrected chi connectivity index (χ2v) is 6.47. The molecule has 7 heteroatoms. The van der Waals surface area contributed by atoms with E-state index in [4.69, 9.17) is 0 Å². The van der Waals surface area contributed by atoms with Crippen LogP contribution in [0.4, 0.5) is 5.13 Å². The molecule has 0 bridgehead atoms. The van der Waals surface area contributed by atoms with Crippen molar-refractivity contribution in [1.82, 2.24) is 14.8 Å². The summed E-state index contributed by atoms with van der Waals surface area (Å²) in [5, 5.41) is 17.6. The minimum atomic E-state index is -0.766. The molecule has 2 atom stereocenters. The fourth-order valence-corrected chi connectivity index (χ4v) is 3.84. The van der Waals surface area contributed by atoms with Crippen LogP contribution in [0.5, 0.6) is 0 Å². The van der Waals surface area contributed by atoms with E-state index < -0.39 is 11.9 Å². The molecule has 0 spiro atoms. The third-order valence-electron chi connectivity index (χ3n) is 3.64. The van der Waals surface area contributed by atoms with E-state index in [0.717, 1.165) is 35.1 Å². The quantitative estimate of drug-likeness (QED) is 0.886. The number of rotatable bonds is 5. The highest BCUT2D eigenvalue weighted by atomic mass is 32.1. The minimum absolute atomic E-state index is 0.181. The first-order valence-corrected chi connectivity index (χ1v) is 7.91. The van der Waals surface area contributed by atoms with Crippen LogP contribution < -0.4 is 5.32 Å². The van der Waals surface area contributed by atoms with Crippen molar-refractivity contribution in [3.63, 3.8) is 0 Å². The van der Waals surface area contributed by atoms with Gasteiger partial charge < -0.3 is 10.4 Å². The SMILES string of the molecule is CC(Cn1cccn1)Nc1nc2c(s1)CCCC2C(=O)O. The van der Waals surface area contributed by atoms with Gasteiger partial charge in [-0.1, -0.05) is 0 Å². The Morgan fingerprint density at radius 2 is 2.52 bits per heavy atom. The van der Waals surface area contributed by atoms with Crippen molar-refractivity contribution in [2.75, 3.05) is 5.32 Å². The average molecular weight is 306 g/mol. The number of aromatic nitrogens is 3. The number of fused-ring (bicyclic) bond motifs is 1. The van der Waals surface area contributed by atoms with Crippen LogP contribution in [0.25, 0.3) is 0 Å². The summed E-state index contributed by atoms with van der Waals surface area (Å²) in [6, 6.07) is 2.08. The highest BCUT2D eigenvalue weighted by Crippen LogP contribution is 2.36. The smallest absolute Gasteiger partial charge is 0.312 e. The van der Waals surface area contributed by atoms with Gasteiger partial charge in [0, 0.05) is 23.3 Å². The normalized spacial score (nSPS) is 19.0. The molecular formula is C14H18N4O2S. The van der Waals surface area contributed by atoms with Gasteiger partial charge >= 0.3 is 5.97 Å². The summed E-state index contributed by atoms with van der Waals surface area (Å²) in [6.45, 7) is 2.82. The predicted molar refractivity (Wildman–Crippen MR) is 80.7 cm³/mol. The van der Waals surface area contributed by atoms with Crippen molar-refractivity contribution in [3.05, 3.63) is 29.0 Å². The Morgan fingerprint density at radius 1 is 1.67 bits per heavy atom. The Hall–Kier alpha value is -1.89.